The molecule has 3 aliphatic carbocycles. The second-order valence-electron chi connectivity index (χ2n) is 11.8. The third-order valence-corrected chi connectivity index (χ3v) is 9.45. The molecule has 0 aliphatic heterocycles. The quantitative estimate of drug-likeness (QED) is 0.426. The zero-order valence-electron chi connectivity index (χ0n) is 19.8. The molecule has 10 unspecified atom stereocenters. The maximum absolute atomic E-state index is 4.73. The lowest BCUT2D eigenvalue weighted by atomic mass is 9.59. The second-order valence-corrected chi connectivity index (χ2v) is 11.8. The molecule has 3 fully saturated rings. The van der Waals surface area contributed by atoms with Crippen molar-refractivity contribution < 1.29 is 0 Å². The van der Waals surface area contributed by atoms with E-state index in [1.165, 1.54) is 51.4 Å². The molecule has 3 rings (SSSR count). The van der Waals surface area contributed by atoms with Crippen LogP contribution in [-0.2, 0) is 0 Å². The molecular weight excluding hydrogens is 336 g/mol. The van der Waals surface area contributed by atoms with E-state index in [1.807, 2.05) is 0 Å². The van der Waals surface area contributed by atoms with Crippen LogP contribution in [0.1, 0.15) is 92.9 Å². The van der Waals surface area contributed by atoms with E-state index >= 15 is 0 Å². The van der Waals surface area contributed by atoms with Crippen molar-refractivity contribution in [3.8, 4) is 0 Å². The van der Waals surface area contributed by atoms with Crippen LogP contribution in [0.2, 0.25) is 0 Å². The molecule has 0 N–H and O–H groups in total. The smallest absolute Gasteiger partial charge is 0.0174 e. The summed E-state index contributed by atoms with van der Waals surface area (Å²) in [6.07, 6.45) is 11.1. The van der Waals surface area contributed by atoms with Crippen LogP contribution in [0.5, 0.6) is 0 Å². The molecule has 0 aromatic carbocycles. The largest absolute Gasteiger partial charge is 0.0993 e. The molecule has 28 heavy (non-hydrogen) atoms. The molecule has 0 bridgehead atoms. The fourth-order valence-electron chi connectivity index (χ4n) is 7.28. The third-order valence-electron chi connectivity index (χ3n) is 9.45. The van der Waals surface area contributed by atoms with Crippen molar-refractivity contribution >= 4 is 0 Å². The van der Waals surface area contributed by atoms with E-state index < -0.39 is 0 Å². The van der Waals surface area contributed by atoms with Crippen molar-refractivity contribution in [3.63, 3.8) is 0 Å². The maximum atomic E-state index is 4.73. The van der Waals surface area contributed by atoms with Gasteiger partial charge >= 0.3 is 0 Å². The molecule has 3 saturated carbocycles. The highest BCUT2D eigenvalue weighted by Gasteiger charge is 2.41. The van der Waals surface area contributed by atoms with Crippen LogP contribution < -0.4 is 0 Å². The molecule has 0 nitrogen and oxygen atoms in total. The van der Waals surface area contributed by atoms with Gasteiger partial charge in [0.15, 0.2) is 0 Å². The van der Waals surface area contributed by atoms with Crippen LogP contribution in [0, 0.1) is 59.2 Å². The van der Waals surface area contributed by atoms with Gasteiger partial charge in [-0.1, -0.05) is 78.7 Å². The van der Waals surface area contributed by atoms with Crippen molar-refractivity contribution in [2.75, 3.05) is 0 Å². The first kappa shape index (κ1) is 22.2. The summed E-state index contributed by atoms with van der Waals surface area (Å²) < 4.78 is 0. The Kier molecular flexibility index (Phi) is 7.20. The van der Waals surface area contributed by atoms with E-state index in [9.17, 15) is 0 Å². The fourth-order valence-corrected chi connectivity index (χ4v) is 7.28. The summed E-state index contributed by atoms with van der Waals surface area (Å²) >= 11 is 0. The van der Waals surface area contributed by atoms with Gasteiger partial charge in [0.2, 0.25) is 0 Å². The SMILES string of the molecule is C=C(C1CC(C)CCC1C)C1CC(C)C(C(=C)C2CC(C)CCC2C)CC1C. The Labute approximate surface area is 176 Å². The van der Waals surface area contributed by atoms with Crippen LogP contribution >= 0.6 is 0 Å². The maximum Gasteiger partial charge on any atom is -0.0174 e. The highest BCUT2D eigenvalue weighted by atomic mass is 14.5. The molecule has 0 heteroatoms. The summed E-state index contributed by atoms with van der Waals surface area (Å²) in [5.74, 6) is 7.99. The Balaban J connectivity index is 1.66. The van der Waals surface area contributed by atoms with E-state index in [0.29, 0.717) is 0 Å². The first-order valence-corrected chi connectivity index (χ1v) is 12.6. The van der Waals surface area contributed by atoms with Crippen molar-refractivity contribution in [2.24, 2.45) is 59.2 Å². The highest BCUT2D eigenvalue weighted by molar-refractivity contribution is 5.16. The molecule has 0 amide bonds. The van der Waals surface area contributed by atoms with Crippen molar-refractivity contribution in [2.45, 2.75) is 92.9 Å². The van der Waals surface area contributed by atoms with Gasteiger partial charge in [0.25, 0.3) is 0 Å². The normalized spacial score (nSPS) is 47.5. The summed E-state index contributed by atoms with van der Waals surface area (Å²) in [4.78, 5) is 0. The van der Waals surface area contributed by atoms with Gasteiger partial charge in [-0.3, -0.25) is 0 Å². The van der Waals surface area contributed by atoms with Gasteiger partial charge in [-0.2, -0.15) is 0 Å². The number of allylic oxidation sites excluding steroid dienone is 2. The van der Waals surface area contributed by atoms with Gasteiger partial charge in [0.05, 0.1) is 0 Å². The fraction of sp³-hybridized carbons (Fsp3) is 0.857. The average Bonchev–Trinajstić information content (AvgIpc) is 2.66. The zero-order valence-corrected chi connectivity index (χ0v) is 19.8. The minimum Gasteiger partial charge on any atom is -0.0993 e. The van der Waals surface area contributed by atoms with Gasteiger partial charge in [0, 0.05) is 0 Å². The molecule has 0 spiro atoms. The minimum absolute atomic E-state index is 0.736. The van der Waals surface area contributed by atoms with E-state index in [-0.39, 0.29) is 0 Å². The topological polar surface area (TPSA) is 0 Å². The van der Waals surface area contributed by atoms with Gasteiger partial charge in [-0.05, 0) is 97.7 Å². The van der Waals surface area contributed by atoms with Crippen LogP contribution in [-0.4, -0.2) is 0 Å². The second kappa shape index (κ2) is 9.09. The molecular formula is C28H48. The Morgan fingerprint density at radius 3 is 1.14 bits per heavy atom. The van der Waals surface area contributed by atoms with Crippen molar-refractivity contribution in [1.29, 1.82) is 0 Å². The predicted octanol–water partition coefficient (Wildman–Crippen LogP) is 8.54. The van der Waals surface area contributed by atoms with Crippen LogP contribution in [0.4, 0.5) is 0 Å². The Hall–Kier alpha value is -0.520. The molecule has 160 valence electrons. The van der Waals surface area contributed by atoms with Gasteiger partial charge in [-0.15, -0.1) is 0 Å². The van der Waals surface area contributed by atoms with E-state index in [1.54, 1.807) is 11.1 Å². The first-order chi connectivity index (χ1) is 13.2. The van der Waals surface area contributed by atoms with Gasteiger partial charge < -0.3 is 0 Å². The van der Waals surface area contributed by atoms with Crippen LogP contribution in [0.25, 0.3) is 0 Å². The molecule has 0 saturated heterocycles. The van der Waals surface area contributed by atoms with Crippen molar-refractivity contribution in [3.05, 3.63) is 24.3 Å². The lowest BCUT2D eigenvalue weighted by Crippen LogP contribution is -2.37. The molecule has 0 radical (unpaired) electrons. The Bertz CT molecular complexity index is 506. The average molecular weight is 385 g/mol. The lowest BCUT2D eigenvalue weighted by molar-refractivity contribution is 0.129. The number of hydrogen-bond donors (Lipinski definition) is 0. The highest BCUT2D eigenvalue weighted by Crippen LogP contribution is 2.51. The summed E-state index contributed by atoms with van der Waals surface area (Å²) in [5.41, 5.74) is 3.23. The summed E-state index contributed by atoms with van der Waals surface area (Å²) in [6.45, 7) is 24.4. The zero-order chi connectivity index (χ0) is 20.6. The summed E-state index contributed by atoms with van der Waals surface area (Å²) in [6, 6.07) is 0. The van der Waals surface area contributed by atoms with Crippen molar-refractivity contribution in [1.82, 2.24) is 0 Å². The number of rotatable bonds is 4. The summed E-state index contributed by atoms with van der Waals surface area (Å²) in [5, 5.41) is 0. The Morgan fingerprint density at radius 2 is 0.786 bits per heavy atom. The monoisotopic (exact) mass is 384 g/mol. The number of hydrogen-bond acceptors (Lipinski definition) is 0. The lowest BCUT2D eigenvalue weighted by Gasteiger charge is -2.46. The minimum atomic E-state index is 0.736. The summed E-state index contributed by atoms with van der Waals surface area (Å²) in [7, 11) is 0. The van der Waals surface area contributed by atoms with Gasteiger partial charge in [-0.25, -0.2) is 0 Å². The standard InChI is InChI=1S/C28H48/c1-17-9-11-19(3)25(13-17)23(7)27-15-22(6)28(16-21(27)5)24(8)26-14-18(2)10-12-20(26)4/h17-22,25-28H,7-16H2,1-6H3. The van der Waals surface area contributed by atoms with Gasteiger partial charge in [0.1, 0.15) is 0 Å². The molecule has 0 aromatic rings. The molecule has 0 aromatic heterocycles. The van der Waals surface area contributed by atoms with Crippen LogP contribution in [0.3, 0.4) is 0 Å². The van der Waals surface area contributed by atoms with E-state index in [0.717, 1.165) is 59.2 Å². The molecule has 0 heterocycles. The Morgan fingerprint density at radius 1 is 0.464 bits per heavy atom. The molecule has 3 aliphatic rings. The molecule has 10 atom stereocenters. The van der Waals surface area contributed by atoms with E-state index in [4.69, 9.17) is 13.2 Å². The third kappa shape index (κ3) is 4.62. The first-order valence-electron chi connectivity index (χ1n) is 12.6. The van der Waals surface area contributed by atoms with E-state index in [2.05, 4.69) is 41.5 Å². The van der Waals surface area contributed by atoms with Crippen LogP contribution in [0.15, 0.2) is 24.3 Å². The predicted molar refractivity (Wildman–Crippen MR) is 124 cm³/mol.